The zero-order valence-electron chi connectivity index (χ0n) is 23.1. The molecule has 0 saturated heterocycles. The second-order valence-corrected chi connectivity index (χ2v) is 10.6. The summed E-state index contributed by atoms with van der Waals surface area (Å²) in [4.78, 5) is 53.1. The van der Waals surface area contributed by atoms with E-state index >= 15 is 0 Å². The lowest BCUT2D eigenvalue weighted by Gasteiger charge is -2.22. The molecular formula is C34H30O8. The van der Waals surface area contributed by atoms with Crippen LogP contribution in [0.15, 0.2) is 83.0 Å². The third-order valence-electron chi connectivity index (χ3n) is 7.63. The number of rotatable bonds is 0. The minimum Gasteiger partial charge on any atom is -0.491 e. The first-order valence-corrected chi connectivity index (χ1v) is 14.1. The van der Waals surface area contributed by atoms with Gasteiger partial charge in [0, 0.05) is 48.0 Å². The van der Waals surface area contributed by atoms with Crippen molar-refractivity contribution in [2.24, 2.45) is 0 Å². The molecule has 2 aromatic carbocycles. The van der Waals surface area contributed by atoms with Crippen molar-refractivity contribution in [2.75, 3.05) is 39.6 Å². The van der Waals surface area contributed by atoms with E-state index in [1.807, 2.05) is 36.4 Å². The maximum absolute atomic E-state index is 13.7. The summed E-state index contributed by atoms with van der Waals surface area (Å²) in [6, 6.07) is 11.0. The maximum atomic E-state index is 13.7. The van der Waals surface area contributed by atoms with Crippen LogP contribution in [0, 0.1) is 0 Å². The van der Waals surface area contributed by atoms with Crippen molar-refractivity contribution >= 4 is 23.1 Å². The summed E-state index contributed by atoms with van der Waals surface area (Å²) in [7, 11) is 0. The van der Waals surface area contributed by atoms with E-state index in [1.165, 1.54) is 24.3 Å². The summed E-state index contributed by atoms with van der Waals surface area (Å²) < 4.78 is 23.8. The summed E-state index contributed by atoms with van der Waals surface area (Å²) in [5.74, 6) is 0.110. The van der Waals surface area contributed by atoms with E-state index in [1.54, 1.807) is 0 Å². The quantitative estimate of drug-likeness (QED) is 0.447. The molecule has 0 unspecified atom stereocenters. The van der Waals surface area contributed by atoms with Gasteiger partial charge >= 0.3 is 0 Å². The Balaban J connectivity index is 1.53. The fourth-order valence-corrected chi connectivity index (χ4v) is 5.72. The zero-order valence-corrected chi connectivity index (χ0v) is 23.1. The van der Waals surface area contributed by atoms with E-state index in [0.29, 0.717) is 82.5 Å². The molecule has 0 N–H and O–H groups in total. The highest BCUT2D eigenvalue weighted by Gasteiger charge is 2.28. The van der Waals surface area contributed by atoms with Crippen LogP contribution in [0.1, 0.15) is 22.3 Å². The SMILES string of the molecule is O=C1C=C2Cc3cccc4c3OCCOCCOCCOc3c(cccc3CC3=CC(=O)C=C(C4)C3=O)CC(=C1)C2=O. The summed E-state index contributed by atoms with van der Waals surface area (Å²) in [6.45, 7) is 1.80. The predicted octanol–water partition coefficient (Wildman–Crippen LogP) is 3.38. The van der Waals surface area contributed by atoms with Crippen LogP contribution >= 0.6 is 0 Å². The number of ketones is 4. The molecule has 0 fully saturated rings. The number of ether oxygens (including phenoxy) is 4. The van der Waals surface area contributed by atoms with Gasteiger partial charge in [0.05, 0.1) is 26.4 Å². The maximum Gasteiger partial charge on any atom is 0.185 e. The van der Waals surface area contributed by atoms with E-state index in [0.717, 1.165) is 0 Å². The molecule has 42 heavy (non-hydrogen) atoms. The molecule has 4 aliphatic rings. The third kappa shape index (κ3) is 5.95. The Bertz CT molecular complexity index is 1390. The van der Waals surface area contributed by atoms with Crippen molar-refractivity contribution in [3.05, 3.63) is 105 Å². The van der Waals surface area contributed by atoms with Crippen LogP contribution < -0.4 is 9.47 Å². The first kappa shape index (κ1) is 27.8. The molecule has 1 heterocycles. The molecule has 0 radical (unpaired) electrons. The Labute approximate surface area is 243 Å². The van der Waals surface area contributed by atoms with E-state index in [-0.39, 0.29) is 62.0 Å². The van der Waals surface area contributed by atoms with Crippen molar-refractivity contribution in [2.45, 2.75) is 25.7 Å². The molecule has 3 aliphatic carbocycles. The molecule has 0 atom stereocenters. The van der Waals surface area contributed by atoms with E-state index < -0.39 is 0 Å². The Morgan fingerprint density at radius 3 is 1.07 bits per heavy atom. The largest absolute Gasteiger partial charge is 0.491 e. The van der Waals surface area contributed by atoms with Crippen molar-refractivity contribution < 1.29 is 38.1 Å². The monoisotopic (exact) mass is 566 g/mol. The summed E-state index contributed by atoms with van der Waals surface area (Å²) >= 11 is 0. The van der Waals surface area contributed by atoms with Crippen molar-refractivity contribution in [1.29, 1.82) is 0 Å². The summed E-state index contributed by atoms with van der Waals surface area (Å²) in [5, 5.41) is 0. The lowest BCUT2D eigenvalue weighted by atomic mass is 9.84. The van der Waals surface area contributed by atoms with Gasteiger partial charge < -0.3 is 18.9 Å². The molecule has 0 spiro atoms. The highest BCUT2D eigenvalue weighted by atomic mass is 16.6. The van der Waals surface area contributed by atoms with Gasteiger partial charge in [-0.2, -0.15) is 0 Å². The molecule has 0 aromatic heterocycles. The van der Waals surface area contributed by atoms with Gasteiger partial charge in [0.1, 0.15) is 24.7 Å². The van der Waals surface area contributed by atoms with Gasteiger partial charge in [-0.05, 0) is 46.6 Å². The number of benzene rings is 2. The Morgan fingerprint density at radius 1 is 0.429 bits per heavy atom. The van der Waals surface area contributed by atoms with Gasteiger partial charge in [-0.1, -0.05) is 36.4 Å². The van der Waals surface area contributed by atoms with Crippen LogP contribution in [0.3, 0.4) is 0 Å². The minimum atomic E-state index is -0.250. The third-order valence-corrected chi connectivity index (χ3v) is 7.63. The van der Waals surface area contributed by atoms with Crippen LogP contribution in [0.5, 0.6) is 11.5 Å². The molecule has 0 amide bonds. The van der Waals surface area contributed by atoms with Crippen LogP contribution in [-0.2, 0) is 54.3 Å². The topological polar surface area (TPSA) is 105 Å². The van der Waals surface area contributed by atoms with Crippen molar-refractivity contribution in [1.82, 2.24) is 0 Å². The van der Waals surface area contributed by atoms with Crippen LogP contribution in [0.2, 0.25) is 0 Å². The first-order chi connectivity index (χ1) is 20.5. The van der Waals surface area contributed by atoms with Crippen LogP contribution in [0.4, 0.5) is 0 Å². The number of allylic oxidation sites excluding steroid dienone is 8. The molecule has 10 bridgehead atoms. The number of para-hydroxylation sites is 2. The molecule has 8 heteroatoms. The zero-order chi connectivity index (χ0) is 29.1. The standard InChI is InChI=1S/C34H30O8/c35-29-17-25-13-21-3-1-4-22-14-26-18-30(36)20-28(32(26)38)16-24-6-2-5-23(15-27(19-29)31(25)37)34(24)42-12-10-40-8-7-39-9-11-41-33(21)22/h1-6,17-20H,7-16H2. The molecule has 6 rings (SSSR count). The highest BCUT2D eigenvalue weighted by molar-refractivity contribution is 6.21. The second-order valence-electron chi connectivity index (χ2n) is 10.6. The van der Waals surface area contributed by atoms with Gasteiger partial charge in [0.25, 0.3) is 0 Å². The smallest absolute Gasteiger partial charge is 0.185 e. The number of carbonyl (C=O) groups excluding carboxylic acids is 4. The number of fused-ring (bicyclic) bond motifs is 2. The highest BCUT2D eigenvalue weighted by Crippen LogP contribution is 2.35. The van der Waals surface area contributed by atoms with Crippen molar-refractivity contribution in [3.8, 4) is 11.5 Å². The van der Waals surface area contributed by atoms with Gasteiger partial charge in [-0.3, -0.25) is 19.2 Å². The number of hydrogen-bond donors (Lipinski definition) is 0. The minimum absolute atomic E-state index is 0.167. The second kappa shape index (κ2) is 12.2. The number of hydrogen-bond acceptors (Lipinski definition) is 8. The van der Waals surface area contributed by atoms with Gasteiger partial charge in [-0.15, -0.1) is 0 Å². The molecule has 2 aromatic rings. The number of Topliss-reactive ketones (excluding diaryl/α,β-unsaturated/α-hetero) is 2. The average molecular weight is 567 g/mol. The fourth-order valence-electron chi connectivity index (χ4n) is 5.72. The fraction of sp³-hybridized carbons (Fsp3) is 0.294. The summed E-state index contributed by atoms with van der Waals surface area (Å²) in [6.07, 6.45) is 6.19. The summed E-state index contributed by atoms with van der Waals surface area (Å²) in [5.41, 5.74) is 4.25. The van der Waals surface area contributed by atoms with Gasteiger partial charge in [-0.25, -0.2) is 0 Å². The van der Waals surface area contributed by atoms with Crippen molar-refractivity contribution in [3.63, 3.8) is 0 Å². The molecular weight excluding hydrogens is 536 g/mol. The Hall–Kier alpha value is -4.40. The van der Waals surface area contributed by atoms with Gasteiger partial charge in [0.2, 0.25) is 0 Å². The predicted molar refractivity (Wildman–Crippen MR) is 153 cm³/mol. The molecule has 0 saturated carbocycles. The van der Waals surface area contributed by atoms with E-state index in [2.05, 4.69) is 0 Å². The lowest BCUT2D eigenvalue weighted by molar-refractivity contribution is -0.115. The Morgan fingerprint density at radius 2 is 0.738 bits per heavy atom. The molecule has 214 valence electrons. The lowest BCUT2D eigenvalue weighted by Crippen LogP contribution is -2.21. The van der Waals surface area contributed by atoms with E-state index in [4.69, 9.17) is 18.9 Å². The molecule has 1 aliphatic heterocycles. The Kier molecular flexibility index (Phi) is 8.08. The van der Waals surface area contributed by atoms with Gasteiger partial charge in [0.15, 0.2) is 23.1 Å². The average Bonchev–Trinajstić information content (AvgIpc) is 2.96. The van der Waals surface area contributed by atoms with Crippen LogP contribution in [0.25, 0.3) is 0 Å². The van der Waals surface area contributed by atoms with Crippen LogP contribution in [-0.4, -0.2) is 62.8 Å². The number of carbonyl (C=O) groups is 4. The first-order valence-electron chi connectivity index (χ1n) is 14.1. The normalized spacial score (nSPS) is 19.9. The molecule has 8 nitrogen and oxygen atoms in total. The van der Waals surface area contributed by atoms with E-state index in [9.17, 15) is 19.2 Å².